The first-order valence-electron chi connectivity index (χ1n) is 6.40. The van der Waals surface area contributed by atoms with Gasteiger partial charge in [0.1, 0.15) is 5.60 Å². The zero-order valence-electron chi connectivity index (χ0n) is 11.7. The van der Waals surface area contributed by atoms with E-state index >= 15 is 0 Å². The molecule has 5 heteroatoms. The average Bonchev–Trinajstić information content (AvgIpc) is 2.44. The number of likely N-dealkylation sites (tertiary alicyclic amines) is 1. The van der Waals surface area contributed by atoms with E-state index in [1.54, 1.807) is 18.9 Å². The van der Waals surface area contributed by atoms with Crippen LogP contribution in [0, 0.1) is 5.92 Å². The molecule has 2 atom stereocenters. The molecule has 18 heavy (non-hydrogen) atoms. The third kappa shape index (κ3) is 3.02. The molecular formula is C13H23NO4. The highest BCUT2D eigenvalue weighted by Gasteiger charge is 2.38. The van der Waals surface area contributed by atoms with Crippen LogP contribution < -0.4 is 0 Å². The summed E-state index contributed by atoms with van der Waals surface area (Å²) in [5.41, 5.74) is -0.794. The van der Waals surface area contributed by atoms with E-state index in [1.165, 1.54) is 7.11 Å². The number of carbonyl (C=O) groups is 2. The van der Waals surface area contributed by atoms with Crippen molar-refractivity contribution in [3.05, 3.63) is 0 Å². The summed E-state index contributed by atoms with van der Waals surface area (Å²) in [6.07, 6.45) is 2.23. The molecule has 104 valence electrons. The van der Waals surface area contributed by atoms with Gasteiger partial charge in [-0.05, 0) is 26.2 Å². The maximum atomic E-state index is 12.4. The van der Waals surface area contributed by atoms with Gasteiger partial charge in [-0.3, -0.25) is 9.59 Å². The number of amides is 1. The predicted octanol–water partition coefficient (Wildman–Crippen LogP) is 1.21. The Kier molecular flexibility index (Phi) is 5.14. The van der Waals surface area contributed by atoms with Crippen LogP contribution in [-0.4, -0.2) is 49.7 Å². The first-order chi connectivity index (χ1) is 8.48. The van der Waals surface area contributed by atoms with Crippen molar-refractivity contribution >= 4 is 11.9 Å². The highest BCUT2D eigenvalue weighted by Crippen LogP contribution is 2.23. The molecule has 0 aromatic heterocycles. The summed E-state index contributed by atoms with van der Waals surface area (Å²) < 4.78 is 10.1. The highest BCUT2D eigenvalue weighted by atomic mass is 16.5. The van der Waals surface area contributed by atoms with E-state index in [1.807, 2.05) is 6.92 Å². The van der Waals surface area contributed by atoms with Crippen LogP contribution in [0.2, 0.25) is 0 Å². The molecule has 0 aromatic carbocycles. The molecule has 0 spiro atoms. The number of hydrogen-bond acceptors (Lipinski definition) is 4. The molecule has 1 amide bonds. The fraction of sp³-hybridized carbons (Fsp3) is 0.846. The molecular weight excluding hydrogens is 234 g/mol. The lowest BCUT2D eigenvalue weighted by Gasteiger charge is -2.37. The van der Waals surface area contributed by atoms with Crippen molar-refractivity contribution in [3.63, 3.8) is 0 Å². The minimum absolute atomic E-state index is 0.0406. The lowest BCUT2D eigenvalue weighted by Crippen LogP contribution is -2.52. The predicted molar refractivity (Wildman–Crippen MR) is 67.0 cm³/mol. The molecule has 5 nitrogen and oxygen atoms in total. The monoisotopic (exact) mass is 257 g/mol. The molecule has 1 rings (SSSR count). The van der Waals surface area contributed by atoms with Crippen molar-refractivity contribution in [1.29, 1.82) is 0 Å². The van der Waals surface area contributed by atoms with E-state index in [0.29, 0.717) is 19.5 Å². The van der Waals surface area contributed by atoms with Crippen LogP contribution in [0.25, 0.3) is 0 Å². The third-order valence-electron chi connectivity index (χ3n) is 3.82. The third-order valence-corrected chi connectivity index (χ3v) is 3.82. The first-order valence-corrected chi connectivity index (χ1v) is 6.40. The van der Waals surface area contributed by atoms with Crippen molar-refractivity contribution in [2.75, 3.05) is 27.3 Å². The van der Waals surface area contributed by atoms with Gasteiger partial charge in [0, 0.05) is 20.2 Å². The molecule has 1 aliphatic rings. The van der Waals surface area contributed by atoms with Gasteiger partial charge in [0.15, 0.2) is 0 Å². The molecule has 0 N–H and O–H groups in total. The topological polar surface area (TPSA) is 55.8 Å². The van der Waals surface area contributed by atoms with Crippen molar-refractivity contribution in [3.8, 4) is 0 Å². The molecule has 0 bridgehead atoms. The Morgan fingerprint density at radius 2 is 2.06 bits per heavy atom. The van der Waals surface area contributed by atoms with Gasteiger partial charge in [-0.15, -0.1) is 0 Å². The SMILES string of the molecule is CCC(C)(OC)C(=O)N1CCCC(C(=O)OC)C1. The number of carbonyl (C=O) groups excluding carboxylic acids is 2. The molecule has 1 aliphatic heterocycles. The van der Waals surface area contributed by atoms with Crippen LogP contribution in [0.15, 0.2) is 0 Å². The summed E-state index contributed by atoms with van der Waals surface area (Å²) in [5, 5.41) is 0. The fourth-order valence-electron chi connectivity index (χ4n) is 2.24. The van der Waals surface area contributed by atoms with E-state index in [9.17, 15) is 9.59 Å². The second-order valence-electron chi connectivity index (χ2n) is 4.90. The maximum Gasteiger partial charge on any atom is 0.310 e. The van der Waals surface area contributed by atoms with Crippen LogP contribution in [0.3, 0.4) is 0 Å². The highest BCUT2D eigenvalue weighted by molar-refractivity contribution is 5.85. The second-order valence-corrected chi connectivity index (χ2v) is 4.90. The van der Waals surface area contributed by atoms with Crippen LogP contribution in [0.5, 0.6) is 0 Å². The Bertz CT molecular complexity index is 312. The lowest BCUT2D eigenvalue weighted by atomic mass is 9.94. The maximum absolute atomic E-state index is 12.4. The number of piperidine rings is 1. The summed E-state index contributed by atoms with van der Waals surface area (Å²) >= 11 is 0. The van der Waals surface area contributed by atoms with Crippen molar-refractivity contribution in [2.24, 2.45) is 5.92 Å². The number of methoxy groups -OCH3 is 2. The van der Waals surface area contributed by atoms with Crippen molar-refractivity contribution in [1.82, 2.24) is 4.90 Å². The standard InChI is InChI=1S/C13H23NO4/c1-5-13(2,18-4)12(16)14-8-6-7-10(9-14)11(15)17-3/h10H,5-9H2,1-4H3. The number of esters is 1. The van der Waals surface area contributed by atoms with Gasteiger partial charge in [0.2, 0.25) is 0 Å². The second kappa shape index (κ2) is 6.18. The fourth-order valence-corrected chi connectivity index (χ4v) is 2.24. The zero-order valence-corrected chi connectivity index (χ0v) is 11.7. The Hall–Kier alpha value is -1.10. The Balaban J connectivity index is 2.72. The van der Waals surface area contributed by atoms with Gasteiger partial charge in [-0.25, -0.2) is 0 Å². The van der Waals surface area contributed by atoms with Gasteiger partial charge in [-0.2, -0.15) is 0 Å². The van der Waals surface area contributed by atoms with E-state index in [2.05, 4.69) is 0 Å². The quantitative estimate of drug-likeness (QED) is 0.710. The minimum atomic E-state index is -0.794. The van der Waals surface area contributed by atoms with Gasteiger partial charge < -0.3 is 14.4 Å². The van der Waals surface area contributed by atoms with Gasteiger partial charge in [0.05, 0.1) is 13.0 Å². The summed E-state index contributed by atoms with van der Waals surface area (Å²) in [6, 6.07) is 0. The van der Waals surface area contributed by atoms with E-state index in [-0.39, 0.29) is 17.8 Å². The summed E-state index contributed by atoms with van der Waals surface area (Å²) in [7, 11) is 2.93. The van der Waals surface area contributed by atoms with Crippen LogP contribution in [0.4, 0.5) is 0 Å². The van der Waals surface area contributed by atoms with Crippen molar-refractivity contribution in [2.45, 2.75) is 38.7 Å². The summed E-state index contributed by atoms with van der Waals surface area (Å²) in [6.45, 7) is 4.83. The number of nitrogens with zero attached hydrogens (tertiary/aromatic N) is 1. The zero-order chi connectivity index (χ0) is 13.8. The Labute approximate surface area is 108 Å². The molecule has 1 saturated heterocycles. The van der Waals surface area contributed by atoms with Gasteiger partial charge >= 0.3 is 5.97 Å². The smallest absolute Gasteiger partial charge is 0.310 e. The normalized spacial score (nSPS) is 23.3. The van der Waals surface area contributed by atoms with Crippen LogP contribution >= 0.6 is 0 Å². The lowest BCUT2D eigenvalue weighted by molar-refractivity contribution is -0.158. The molecule has 1 heterocycles. The van der Waals surface area contributed by atoms with E-state index in [4.69, 9.17) is 9.47 Å². The number of rotatable bonds is 4. The summed E-state index contributed by atoms with van der Waals surface area (Å²) in [5.74, 6) is -0.477. The Morgan fingerprint density at radius 1 is 1.39 bits per heavy atom. The van der Waals surface area contributed by atoms with E-state index < -0.39 is 5.60 Å². The first kappa shape index (κ1) is 15.0. The summed E-state index contributed by atoms with van der Waals surface area (Å²) in [4.78, 5) is 25.6. The van der Waals surface area contributed by atoms with Crippen LogP contribution in [0.1, 0.15) is 33.1 Å². The van der Waals surface area contributed by atoms with Gasteiger partial charge in [0.25, 0.3) is 5.91 Å². The molecule has 0 aliphatic carbocycles. The molecule has 0 aromatic rings. The number of ether oxygens (including phenoxy) is 2. The van der Waals surface area contributed by atoms with Crippen molar-refractivity contribution < 1.29 is 19.1 Å². The number of hydrogen-bond donors (Lipinski definition) is 0. The molecule has 0 saturated carbocycles. The average molecular weight is 257 g/mol. The van der Waals surface area contributed by atoms with E-state index in [0.717, 1.165) is 12.8 Å². The molecule has 0 radical (unpaired) electrons. The van der Waals surface area contributed by atoms with Gasteiger partial charge in [-0.1, -0.05) is 6.92 Å². The molecule has 1 fully saturated rings. The minimum Gasteiger partial charge on any atom is -0.469 e. The van der Waals surface area contributed by atoms with Crippen LogP contribution in [-0.2, 0) is 19.1 Å². The largest absolute Gasteiger partial charge is 0.469 e. The Morgan fingerprint density at radius 3 is 2.56 bits per heavy atom. The molecule has 2 unspecified atom stereocenters.